The Hall–Kier alpha value is -2.14. The third-order valence-corrected chi connectivity index (χ3v) is 6.68. The molecule has 11 heteroatoms. The lowest BCUT2D eigenvalue weighted by molar-refractivity contribution is -0.120. The van der Waals surface area contributed by atoms with E-state index >= 15 is 0 Å². The molecule has 1 heterocycles. The fraction of sp³-hybridized carbons (Fsp3) is 0.429. The van der Waals surface area contributed by atoms with Crippen LogP contribution < -0.4 is 15.4 Å². The number of amides is 3. The van der Waals surface area contributed by atoms with E-state index in [2.05, 4.69) is 10.6 Å². The van der Waals surface area contributed by atoms with E-state index in [1.54, 1.807) is 23.8 Å². The van der Waals surface area contributed by atoms with Crippen LogP contribution >= 0.6 is 0 Å². The van der Waals surface area contributed by atoms with E-state index in [4.69, 9.17) is 0 Å². The second-order valence-electron chi connectivity index (χ2n) is 5.77. The lowest BCUT2D eigenvalue weighted by Gasteiger charge is -2.12. The molecule has 0 aliphatic carbocycles. The largest absolute Gasteiger partial charge is 0.351 e. The lowest BCUT2D eigenvalue weighted by atomic mass is 10.2. The highest BCUT2D eigenvalue weighted by molar-refractivity contribution is 7.91. The van der Waals surface area contributed by atoms with Crippen LogP contribution in [0.2, 0.25) is 0 Å². The Morgan fingerprint density at radius 2 is 1.84 bits per heavy atom. The molecule has 0 aromatic heterocycles. The fourth-order valence-corrected chi connectivity index (χ4v) is 4.88. The number of benzene rings is 1. The van der Waals surface area contributed by atoms with Crippen LogP contribution in [-0.2, 0) is 24.7 Å². The minimum Gasteiger partial charge on any atom is -0.351 e. The Morgan fingerprint density at radius 3 is 2.40 bits per heavy atom. The van der Waals surface area contributed by atoms with Crippen molar-refractivity contribution < 1.29 is 26.4 Å². The van der Waals surface area contributed by atoms with Crippen LogP contribution in [0.25, 0.3) is 0 Å². The van der Waals surface area contributed by atoms with Crippen LogP contribution in [0.5, 0.6) is 0 Å². The van der Waals surface area contributed by atoms with Gasteiger partial charge in [-0.15, -0.1) is 0 Å². The van der Waals surface area contributed by atoms with Crippen molar-refractivity contribution in [1.29, 1.82) is 0 Å². The van der Waals surface area contributed by atoms with E-state index in [1.807, 2.05) is 0 Å². The van der Waals surface area contributed by atoms with Crippen LogP contribution in [0.4, 0.5) is 4.79 Å². The van der Waals surface area contributed by atoms with Crippen molar-refractivity contribution in [2.24, 2.45) is 0 Å². The summed E-state index contributed by atoms with van der Waals surface area (Å²) in [5.41, 5.74) is 0.869. The molecule has 1 unspecified atom stereocenters. The molecule has 1 aliphatic rings. The summed E-state index contributed by atoms with van der Waals surface area (Å²) in [5, 5.41) is 4.60. The molecule has 1 aromatic carbocycles. The molecule has 1 aromatic rings. The average molecular weight is 389 g/mol. The molecular formula is C14H19N3O6S2. The molecule has 0 bridgehead atoms. The van der Waals surface area contributed by atoms with Crippen molar-refractivity contribution in [2.75, 3.05) is 18.1 Å². The zero-order valence-corrected chi connectivity index (χ0v) is 15.1. The first kappa shape index (κ1) is 19.2. The molecule has 3 N–H and O–H groups in total. The van der Waals surface area contributed by atoms with E-state index in [1.165, 1.54) is 12.1 Å². The minimum absolute atomic E-state index is 0.0145. The summed E-state index contributed by atoms with van der Waals surface area (Å²) in [6.07, 6.45) is 0.322. The molecule has 9 nitrogen and oxygen atoms in total. The van der Waals surface area contributed by atoms with Gasteiger partial charge in [0.1, 0.15) is 0 Å². The second-order valence-corrected chi connectivity index (χ2v) is 9.68. The third-order valence-electron chi connectivity index (χ3n) is 3.57. The average Bonchev–Trinajstić information content (AvgIpc) is 2.84. The lowest BCUT2D eigenvalue weighted by Crippen LogP contribution is -2.46. The van der Waals surface area contributed by atoms with Crippen LogP contribution in [-0.4, -0.2) is 52.9 Å². The molecule has 25 heavy (non-hydrogen) atoms. The van der Waals surface area contributed by atoms with Crippen molar-refractivity contribution in [3.05, 3.63) is 29.8 Å². The number of rotatable bonds is 5. The quantitative estimate of drug-likeness (QED) is 0.608. The topological polar surface area (TPSA) is 139 Å². The number of sulfonamides is 1. The van der Waals surface area contributed by atoms with Gasteiger partial charge >= 0.3 is 6.03 Å². The first-order valence-corrected chi connectivity index (χ1v) is 10.7. The zero-order valence-electron chi connectivity index (χ0n) is 13.5. The molecule has 1 fully saturated rings. The van der Waals surface area contributed by atoms with E-state index < -0.39 is 44.4 Å². The van der Waals surface area contributed by atoms with Gasteiger partial charge in [0.2, 0.25) is 5.91 Å². The highest BCUT2D eigenvalue weighted by atomic mass is 32.2. The fourth-order valence-electron chi connectivity index (χ4n) is 2.28. The number of sulfone groups is 1. The molecule has 0 saturated carbocycles. The van der Waals surface area contributed by atoms with Crippen molar-refractivity contribution in [3.63, 3.8) is 0 Å². The van der Waals surface area contributed by atoms with Gasteiger partial charge in [0, 0.05) is 6.04 Å². The summed E-state index contributed by atoms with van der Waals surface area (Å²) < 4.78 is 48.4. The molecular weight excluding hydrogens is 370 g/mol. The van der Waals surface area contributed by atoms with Crippen LogP contribution in [0.15, 0.2) is 29.2 Å². The number of aryl methyl sites for hydroxylation is 1. The normalized spacial score (nSPS) is 19.2. The molecule has 138 valence electrons. The van der Waals surface area contributed by atoms with Crippen LogP contribution in [0.3, 0.4) is 0 Å². The van der Waals surface area contributed by atoms with Gasteiger partial charge in [0.15, 0.2) is 9.84 Å². The molecule has 2 rings (SSSR count). The van der Waals surface area contributed by atoms with Crippen LogP contribution in [0.1, 0.15) is 12.0 Å². The van der Waals surface area contributed by atoms with Gasteiger partial charge < -0.3 is 10.6 Å². The van der Waals surface area contributed by atoms with E-state index in [0.717, 1.165) is 5.56 Å². The molecule has 1 aliphatic heterocycles. The van der Waals surface area contributed by atoms with Crippen molar-refractivity contribution in [1.82, 2.24) is 15.4 Å². The maximum atomic E-state index is 12.0. The highest BCUT2D eigenvalue weighted by Crippen LogP contribution is 2.11. The van der Waals surface area contributed by atoms with Crippen LogP contribution in [0, 0.1) is 6.92 Å². The number of nitrogens with one attached hydrogen (secondary N) is 3. The first-order chi connectivity index (χ1) is 11.6. The standard InChI is InChI=1S/C14H19N3O6S2/c1-10-2-4-12(5-3-10)25(22,23)17-14(19)15-8-13(18)16-11-6-7-24(20,21)9-11/h2-5,11H,6-9H2,1H3,(H,16,18)(H2,15,17,19). The minimum atomic E-state index is -4.04. The monoisotopic (exact) mass is 389 g/mol. The Balaban J connectivity index is 1.82. The molecule has 1 saturated heterocycles. The number of hydrogen-bond donors (Lipinski definition) is 3. The molecule has 1 atom stereocenters. The maximum Gasteiger partial charge on any atom is 0.329 e. The Labute approximate surface area is 146 Å². The summed E-state index contributed by atoms with van der Waals surface area (Å²) in [7, 11) is -7.16. The third kappa shape index (κ3) is 5.71. The van der Waals surface area contributed by atoms with Crippen molar-refractivity contribution in [3.8, 4) is 0 Å². The van der Waals surface area contributed by atoms with Gasteiger partial charge in [-0.05, 0) is 25.5 Å². The molecule has 3 amide bonds. The van der Waals surface area contributed by atoms with Crippen molar-refractivity contribution in [2.45, 2.75) is 24.3 Å². The highest BCUT2D eigenvalue weighted by Gasteiger charge is 2.29. The predicted molar refractivity (Wildman–Crippen MR) is 90.1 cm³/mol. The summed E-state index contributed by atoms with van der Waals surface area (Å²) in [6.45, 7) is 1.33. The smallest absolute Gasteiger partial charge is 0.329 e. The SMILES string of the molecule is Cc1ccc(S(=O)(=O)NC(=O)NCC(=O)NC2CCS(=O)(=O)C2)cc1. The summed E-state index contributed by atoms with van der Waals surface area (Å²) in [6, 6.07) is 4.37. The molecule has 0 spiro atoms. The van der Waals surface area contributed by atoms with Gasteiger partial charge in [-0.1, -0.05) is 17.7 Å². The summed E-state index contributed by atoms with van der Waals surface area (Å²) in [5.74, 6) is -0.710. The van der Waals surface area contributed by atoms with Gasteiger partial charge in [-0.3, -0.25) is 4.79 Å². The van der Waals surface area contributed by atoms with E-state index in [0.29, 0.717) is 6.42 Å². The zero-order chi connectivity index (χ0) is 18.7. The summed E-state index contributed by atoms with van der Waals surface area (Å²) in [4.78, 5) is 23.3. The van der Waals surface area contributed by atoms with Gasteiger partial charge in [-0.2, -0.15) is 0 Å². The number of hydrogen-bond acceptors (Lipinski definition) is 6. The first-order valence-electron chi connectivity index (χ1n) is 7.44. The number of carbonyl (C=O) groups is 2. The Kier molecular flexibility index (Phi) is 5.68. The van der Waals surface area contributed by atoms with Crippen molar-refractivity contribution >= 4 is 31.8 Å². The van der Waals surface area contributed by atoms with Gasteiger partial charge in [-0.25, -0.2) is 26.4 Å². The van der Waals surface area contributed by atoms with Gasteiger partial charge in [0.25, 0.3) is 10.0 Å². The maximum absolute atomic E-state index is 12.0. The summed E-state index contributed by atoms with van der Waals surface area (Å²) >= 11 is 0. The number of urea groups is 1. The molecule has 0 radical (unpaired) electrons. The second kappa shape index (κ2) is 7.40. The Bertz CT molecular complexity index is 862. The van der Waals surface area contributed by atoms with E-state index in [9.17, 15) is 26.4 Å². The number of carbonyl (C=O) groups excluding carboxylic acids is 2. The predicted octanol–water partition coefficient (Wildman–Crippen LogP) is -0.714. The Morgan fingerprint density at radius 1 is 1.20 bits per heavy atom. The van der Waals surface area contributed by atoms with Gasteiger partial charge in [0.05, 0.1) is 22.9 Å². The van der Waals surface area contributed by atoms with E-state index in [-0.39, 0.29) is 16.4 Å².